The van der Waals surface area contributed by atoms with Gasteiger partial charge in [-0.1, -0.05) is 19.9 Å². The highest BCUT2D eigenvalue weighted by Crippen LogP contribution is 2.29. The molecule has 20 heavy (non-hydrogen) atoms. The van der Waals surface area contributed by atoms with E-state index in [4.69, 9.17) is 0 Å². The van der Waals surface area contributed by atoms with Crippen LogP contribution in [0, 0.1) is 5.92 Å². The maximum atomic E-state index is 12.3. The van der Waals surface area contributed by atoms with Crippen molar-refractivity contribution < 1.29 is 17.9 Å². The molecule has 0 saturated carbocycles. The Kier molecular flexibility index (Phi) is 4.42. The Balaban J connectivity index is 2.20. The quantitative estimate of drug-likeness (QED) is 0.925. The molecule has 1 aliphatic heterocycles. The summed E-state index contributed by atoms with van der Waals surface area (Å²) in [5, 5.41) is 3.32. The molecule has 1 unspecified atom stereocenters. The third-order valence-corrected chi connectivity index (χ3v) is 3.44. The van der Waals surface area contributed by atoms with E-state index in [1.807, 2.05) is 6.07 Å². The van der Waals surface area contributed by atoms with Gasteiger partial charge in [-0.15, -0.1) is 13.2 Å². The Morgan fingerprint density at radius 3 is 2.75 bits per heavy atom. The van der Waals surface area contributed by atoms with Gasteiger partial charge in [0, 0.05) is 37.4 Å². The van der Waals surface area contributed by atoms with Crippen LogP contribution in [0.1, 0.15) is 13.8 Å². The first-order valence-electron chi connectivity index (χ1n) is 6.70. The topological polar surface area (TPSA) is 24.5 Å². The molecule has 0 spiro atoms. The van der Waals surface area contributed by atoms with Crippen LogP contribution in [0.15, 0.2) is 24.3 Å². The fourth-order valence-electron chi connectivity index (χ4n) is 2.50. The molecule has 112 valence electrons. The van der Waals surface area contributed by atoms with Crippen molar-refractivity contribution in [1.82, 2.24) is 5.32 Å². The molecule has 1 aromatic carbocycles. The highest BCUT2D eigenvalue weighted by atomic mass is 19.4. The number of hydrogen-bond acceptors (Lipinski definition) is 3. The smallest absolute Gasteiger partial charge is 0.406 e. The third kappa shape index (κ3) is 3.79. The summed E-state index contributed by atoms with van der Waals surface area (Å²) in [7, 11) is 0. The minimum Gasteiger partial charge on any atom is -0.406 e. The van der Waals surface area contributed by atoms with Gasteiger partial charge in [-0.2, -0.15) is 0 Å². The Morgan fingerprint density at radius 1 is 1.35 bits per heavy atom. The second-order valence-corrected chi connectivity index (χ2v) is 5.25. The van der Waals surface area contributed by atoms with Crippen LogP contribution in [-0.4, -0.2) is 32.0 Å². The first kappa shape index (κ1) is 15.0. The summed E-state index contributed by atoms with van der Waals surface area (Å²) in [5.74, 6) is 0.242. The third-order valence-electron chi connectivity index (χ3n) is 3.44. The fraction of sp³-hybridized carbons (Fsp3) is 0.571. The standard InChI is InChI=1S/C14H19F3N2O/c1-10(2)13-9-18-6-7-19(13)11-4-3-5-12(8-11)20-14(15,16)17/h3-5,8,10,13,18H,6-7,9H2,1-2H3. The number of nitrogens with one attached hydrogen (secondary N) is 1. The lowest BCUT2D eigenvalue weighted by Gasteiger charge is -2.40. The van der Waals surface area contributed by atoms with Crippen LogP contribution in [0.5, 0.6) is 5.75 Å². The van der Waals surface area contributed by atoms with Gasteiger partial charge in [0.25, 0.3) is 0 Å². The van der Waals surface area contributed by atoms with Gasteiger partial charge >= 0.3 is 6.36 Å². The van der Waals surface area contributed by atoms with E-state index >= 15 is 0 Å². The van der Waals surface area contributed by atoms with Crippen molar-refractivity contribution in [3.63, 3.8) is 0 Å². The van der Waals surface area contributed by atoms with Crippen LogP contribution in [-0.2, 0) is 0 Å². The Bertz CT molecular complexity index is 448. The molecule has 0 bridgehead atoms. The second kappa shape index (κ2) is 5.91. The molecule has 2 rings (SSSR count). The van der Waals surface area contributed by atoms with Crippen molar-refractivity contribution in [2.24, 2.45) is 5.92 Å². The zero-order valence-electron chi connectivity index (χ0n) is 11.6. The summed E-state index contributed by atoms with van der Waals surface area (Å²) in [6, 6.07) is 6.46. The van der Waals surface area contributed by atoms with Crippen LogP contribution in [0.3, 0.4) is 0 Å². The molecule has 1 aromatic rings. The summed E-state index contributed by atoms with van der Waals surface area (Å²) in [6.07, 6.45) is -4.65. The largest absolute Gasteiger partial charge is 0.573 e. The number of piperazine rings is 1. The molecule has 0 radical (unpaired) electrons. The second-order valence-electron chi connectivity index (χ2n) is 5.25. The van der Waals surface area contributed by atoms with Crippen LogP contribution in [0.2, 0.25) is 0 Å². The zero-order chi connectivity index (χ0) is 14.8. The molecule has 1 N–H and O–H groups in total. The zero-order valence-corrected chi connectivity index (χ0v) is 11.6. The minimum absolute atomic E-state index is 0.170. The molecule has 1 heterocycles. The highest BCUT2D eigenvalue weighted by Gasteiger charge is 2.31. The highest BCUT2D eigenvalue weighted by molar-refractivity contribution is 5.52. The van der Waals surface area contributed by atoms with E-state index in [2.05, 4.69) is 28.8 Å². The molecule has 1 saturated heterocycles. The van der Waals surface area contributed by atoms with Gasteiger partial charge in [0.2, 0.25) is 0 Å². The predicted molar refractivity (Wildman–Crippen MR) is 72.0 cm³/mol. The number of alkyl halides is 3. The molecule has 0 aromatic heterocycles. The van der Waals surface area contributed by atoms with E-state index in [9.17, 15) is 13.2 Å². The summed E-state index contributed by atoms with van der Waals surface area (Å²) >= 11 is 0. The average molecular weight is 288 g/mol. The van der Waals surface area contributed by atoms with Crippen molar-refractivity contribution in [3.8, 4) is 5.75 Å². The van der Waals surface area contributed by atoms with Gasteiger partial charge in [-0.25, -0.2) is 0 Å². The van der Waals surface area contributed by atoms with Crippen LogP contribution in [0.25, 0.3) is 0 Å². The summed E-state index contributed by atoms with van der Waals surface area (Å²) in [4.78, 5) is 2.14. The number of benzene rings is 1. The van der Waals surface area contributed by atoms with Crippen molar-refractivity contribution in [1.29, 1.82) is 0 Å². The molecule has 1 aliphatic rings. The van der Waals surface area contributed by atoms with Crippen LogP contribution >= 0.6 is 0 Å². The van der Waals surface area contributed by atoms with Gasteiger partial charge in [0.05, 0.1) is 0 Å². The SMILES string of the molecule is CC(C)C1CNCCN1c1cccc(OC(F)(F)F)c1. The lowest BCUT2D eigenvalue weighted by atomic mass is 10.00. The van der Waals surface area contributed by atoms with Crippen molar-refractivity contribution >= 4 is 5.69 Å². The molecule has 3 nitrogen and oxygen atoms in total. The number of anilines is 1. The maximum Gasteiger partial charge on any atom is 0.573 e. The first-order chi connectivity index (χ1) is 9.37. The average Bonchev–Trinajstić information content (AvgIpc) is 2.37. The van der Waals surface area contributed by atoms with E-state index in [0.717, 1.165) is 25.3 Å². The molecule has 1 fully saturated rings. The fourth-order valence-corrected chi connectivity index (χ4v) is 2.50. The van der Waals surface area contributed by atoms with Gasteiger partial charge < -0.3 is 15.0 Å². The van der Waals surface area contributed by atoms with Gasteiger partial charge in [-0.3, -0.25) is 0 Å². The molecule has 0 amide bonds. The lowest BCUT2D eigenvalue weighted by molar-refractivity contribution is -0.274. The molecular formula is C14H19F3N2O. The number of rotatable bonds is 3. The van der Waals surface area contributed by atoms with E-state index in [-0.39, 0.29) is 11.8 Å². The maximum absolute atomic E-state index is 12.3. The van der Waals surface area contributed by atoms with E-state index in [1.54, 1.807) is 6.07 Å². The summed E-state index contributed by atoms with van der Waals surface area (Å²) in [6.45, 7) is 6.66. The predicted octanol–water partition coefficient (Wildman–Crippen LogP) is 3.02. The lowest BCUT2D eigenvalue weighted by Crippen LogP contribution is -2.53. The summed E-state index contributed by atoms with van der Waals surface area (Å²) < 4.78 is 40.8. The number of halogens is 3. The molecule has 0 aliphatic carbocycles. The van der Waals surface area contributed by atoms with Gasteiger partial charge in [-0.05, 0) is 18.1 Å². The summed E-state index contributed by atoms with van der Waals surface area (Å²) in [5.41, 5.74) is 0.770. The normalized spacial score (nSPS) is 20.3. The Hall–Kier alpha value is -1.43. The van der Waals surface area contributed by atoms with Crippen molar-refractivity contribution in [2.75, 3.05) is 24.5 Å². The van der Waals surface area contributed by atoms with E-state index < -0.39 is 6.36 Å². The van der Waals surface area contributed by atoms with Crippen molar-refractivity contribution in [2.45, 2.75) is 26.3 Å². The van der Waals surface area contributed by atoms with Crippen LogP contribution < -0.4 is 15.0 Å². The Labute approximate surface area is 116 Å². The van der Waals surface area contributed by atoms with E-state index in [1.165, 1.54) is 12.1 Å². The van der Waals surface area contributed by atoms with Crippen LogP contribution in [0.4, 0.5) is 18.9 Å². The molecule has 1 atom stereocenters. The number of ether oxygens (including phenoxy) is 1. The number of nitrogens with zero attached hydrogens (tertiary/aromatic N) is 1. The minimum atomic E-state index is -4.65. The monoisotopic (exact) mass is 288 g/mol. The van der Waals surface area contributed by atoms with Crippen molar-refractivity contribution in [3.05, 3.63) is 24.3 Å². The number of hydrogen-bond donors (Lipinski definition) is 1. The van der Waals surface area contributed by atoms with E-state index in [0.29, 0.717) is 5.92 Å². The Morgan fingerprint density at radius 2 is 2.10 bits per heavy atom. The molecule has 6 heteroatoms. The van der Waals surface area contributed by atoms with Gasteiger partial charge in [0.15, 0.2) is 0 Å². The first-order valence-corrected chi connectivity index (χ1v) is 6.70. The van der Waals surface area contributed by atoms with Gasteiger partial charge in [0.1, 0.15) is 5.75 Å². The molecular weight excluding hydrogens is 269 g/mol.